The van der Waals surface area contributed by atoms with Gasteiger partial charge in [0.1, 0.15) is 10.00 Å². The fraction of sp³-hybridized carbons (Fsp3) is 0.500. The Morgan fingerprint density at radius 2 is 1.90 bits per heavy atom. The predicted molar refractivity (Wildman–Crippen MR) is 86.1 cm³/mol. The van der Waals surface area contributed by atoms with Gasteiger partial charge in [-0.3, -0.25) is 9.59 Å². The zero-order chi connectivity index (χ0) is 15.9. The third-order valence-corrected chi connectivity index (χ3v) is 5.42. The summed E-state index contributed by atoms with van der Waals surface area (Å²) in [6.45, 7) is 3.88. The molecule has 1 amide bonds. The van der Waals surface area contributed by atoms with Crippen LogP contribution < -0.4 is 5.73 Å². The topological polar surface area (TPSA) is 80.4 Å². The molecule has 0 saturated heterocycles. The molecule has 1 rings (SSSR count). The van der Waals surface area contributed by atoms with E-state index in [1.165, 1.54) is 11.8 Å². The lowest BCUT2D eigenvalue weighted by Gasteiger charge is -2.32. The van der Waals surface area contributed by atoms with Crippen molar-refractivity contribution >= 4 is 23.6 Å². The molecule has 1 aromatic rings. The van der Waals surface area contributed by atoms with Crippen LogP contribution in [0.2, 0.25) is 0 Å². The second-order valence-corrected chi connectivity index (χ2v) is 6.50. The third kappa shape index (κ3) is 4.24. The molecule has 2 atom stereocenters. The molecular formula is C16H23NO3S. The zero-order valence-electron chi connectivity index (χ0n) is 12.5. The molecule has 1 aromatic carbocycles. The summed E-state index contributed by atoms with van der Waals surface area (Å²) in [5, 5.41) is 8.79. The zero-order valence-corrected chi connectivity index (χ0v) is 13.4. The lowest BCUT2D eigenvalue weighted by atomic mass is 9.95. The van der Waals surface area contributed by atoms with Gasteiger partial charge in [0, 0.05) is 0 Å². The van der Waals surface area contributed by atoms with Crippen molar-refractivity contribution in [2.45, 2.75) is 49.5 Å². The molecule has 0 spiro atoms. The summed E-state index contributed by atoms with van der Waals surface area (Å²) in [5.41, 5.74) is 6.41. The predicted octanol–water partition coefficient (Wildman–Crippen LogP) is 3.15. The Kier molecular flexibility index (Phi) is 6.75. The van der Waals surface area contributed by atoms with E-state index >= 15 is 0 Å². The van der Waals surface area contributed by atoms with Gasteiger partial charge in [-0.05, 0) is 18.4 Å². The summed E-state index contributed by atoms with van der Waals surface area (Å²) in [4.78, 5) is 23.6. The summed E-state index contributed by atoms with van der Waals surface area (Å²) < 4.78 is -0.988. The van der Waals surface area contributed by atoms with Gasteiger partial charge in [0.05, 0.1) is 0 Å². The number of carboxylic acids is 1. The Morgan fingerprint density at radius 3 is 2.33 bits per heavy atom. The minimum atomic E-state index is -0.988. The Bertz CT molecular complexity index is 478. The molecule has 0 aliphatic carbocycles. The van der Waals surface area contributed by atoms with Crippen LogP contribution in [0.25, 0.3) is 0 Å². The highest BCUT2D eigenvalue weighted by Gasteiger charge is 2.41. The second kappa shape index (κ2) is 8.08. The number of thioether (sulfide) groups is 1. The van der Waals surface area contributed by atoms with Gasteiger partial charge in [0.15, 0.2) is 0 Å². The second-order valence-electron chi connectivity index (χ2n) is 5.00. The van der Waals surface area contributed by atoms with Gasteiger partial charge in [-0.15, -0.1) is 11.8 Å². The highest BCUT2D eigenvalue weighted by Crippen LogP contribution is 2.43. The maximum Gasteiger partial charge on any atom is 0.316 e. The quantitative estimate of drug-likeness (QED) is 0.734. The van der Waals surface area contributed by atoms with Gasteiger partial charge in [-0.25, -0.2) is 0 Å². The molecular weight excluding hydrogens is 286 g/mol. The van der Waals surface area contributed by atoms with E-state index in [0.29, 0.717) is 12.8 Å². The number of benzene rings is 1. The molecule has 0 aromatic heterocycles. The molecule has 0 radical (unpaired) electrons. The molecule has 0 aliphatic heterocycles. The maximum absolute atomic E-state index is 12.1. The molecule has 3 N–H and O–H groups in total. The van der Waals surface area contributed by atoms with Gasteiger partial charge in [-0.1, -0.05) is 57.0 Å². The van der Waals surface area contributed by atoms with Gasteiger partial charge in [0.25, 0.3) is 0 Å². The van der Waals surface area contributed by atoms with Crippen LogP contribution in [0.5, 0.6) is 0 Å². The van der Waals surface area contributed by atoms with Gasteiger partial charge >= 0.3 is 5.97 Å². The molecule has 0 aliphatic rings. The standard InChI is InChI=1S/C16H23NO3S/c1-3-5-11-13(14(18)19)21-16(4-2,15(17)20)12-9-7-6-8-10-12/h6-10,13H,3-5,11H2,1-2H3,(H2,17,20)(H,18,19). The van der Waals surface area contributed by atoms with Crippen molar-refractivity contribution in [3.05, 3.63) is 35.9 Å². The lowest BCUT2D eigenvalue weighted by Crippen LogP contribution is -2.40. The molecule has 0 bridgehead atoms. The first-order chi connectivity index (χ1) is 9.97. The van der Waals surface area contributed by atoms with Crippen molar-refractivity contribution in [1.29, 1.82) is 0 Å². The van der Waals surface area contributed by atoms with Gasteiger partial charge in [0.2, 0.25) is 5.91 Å². The monoisotopic (exact) mass is 309 g/mol. The Balaban J connectivity index is 3.13. The molecule has 0 heterocycles. The van der Waals surface area contributed by atoms with E-state index in [2.05, 4.69) is 0 Å². The first-order valence-electron chi connectivity index (χ1n) is 7.24. The summed E-state index contributed by atoms with van der Waals surface area (Å²) in [5.74, 6) is -1.37. The number of rotatable bonds is 9. The summed E-state index contributed by atoms with van der Waals surface area (Å²) in [7, 11) is 0. The van der Waals surface area contributed by atoms with Crippen LogP contribution in [-0.4, -0.2) is 22.2 Å². The van der Waals surface area contributed by atoms with Crippen LogP contribution in [-0.2, 0) is 14.3 Å². The molecule has 4 nitrogen and oxygen atoms in total. The maximum atomic E-state index is 12.1. The highest BCUT2D eigenvalue weighted by molar-refractivity contribution is 8.02. The first kappa shape index (κ1) is 17.6. The summed E-state index contributed by atoms with van der Waals surface area (Å²) in [6, 6.07) is 9.21. The third-order valence-electron chi connectivity index (χ3n) is 3.57. The molecule has 5 heteroatoms. The highest BCUT2D eigenvalue weighted by atomic mass is 32.2. The molecule has 0 saturated carbocycles. The van der Waals surface area contributed by atoms with E-state index in [0.717, 1.165) is 18.4 Å². The van der Waals surface area contributed by atoms with E-state index < -0.39 is 21.9 Å². The molecule has 0 fully saturated rings. The number of unbranched alkanes of at least 4 members (excludes halogenated alkanes) is 1. The Morgan fingerprint density at radius 1 is 1.29 bits per heavy atom. The van der Waals surface area contributed by atoms with Crippen LogP contribution in [0.3, 0.4) is 0 Å². The normalized spacial score (nSPS) is 15.1. The number of carboxylic acid groups (broad SMARTS) is 1. The van der Waals surface area contributed by atoms with Crippen molar-refractivity contribution in [3.63, 3.8) is 0 Å². The Hall–Kier alpha value is -1.49. The minimum Gasteiger partial charge on any atom is -0.480 e. The number of carbonyl (C=O) groups is 2. The van der Waals surface area contributed by atoms with Crippen molar-refractivity contribution in [2.75, 3.05) is 0 Å². The summed E-state index contributed by atoms with van der Waals surface area (Å²) >= 11 is 1.17. The minimum absolute atomic E-state index is 0.465. The van der Waals surface area contributed by atoms with Crippen molar-refractivity contribution < 1.29 is 14.7 Å². The Labute approximate surface area is 130 Å². The van der Waals surface area contributed by atoms with Crippen molar-refractivity contribution in [2.24, 2.45) is 5.73 Å². The number of aliphatic carboxylic acids is 1. The molecule has 116 valence electrons. The summed E-state index contributed by atoms with van der Waals surface area (Å²) in [6.07, 6.45) is 2.74. The fourth-order valence-electron chi connectivity index (χ4n) is 2.30. The number of nitrogens with two attached hydrogens (primary N) is 1. The fourth-order valence-corrected chi connectivity index (χ4v) is 3.73. The van der Waals surface area contributed by atoms with Crippen LogP contribution in [0.1, 0.15) is 45.1 Å². The van der Waals surface area contributed by atoms with Crippen LogP contribution in [0.4, 0.5) is 0 Å². The van der Waals surface area contributed by atoms with E-state index in [1.54, 1.807) is 0 Å². The van der Waals surface area contributed by atoms with Crippen LogP contribution in [0.15, 0.2) is 30.3 Å². The number of primary amides is 1. The largest absolute Gasteiger partial charge is 0.480 e. The van der Waals surface area contributed by atoms with E-state index in [4.69, 9.17) is 5.73 Å². The van der Waals surface area contributed by atoms with Crippen molar-refractivity contribution in [3.8, 4) is 0 Å². The SMILES string of the molecule is CCCCC(SC(CC)(C(N)=O)c1ccccc1)C(=O)O. The number of hydrogen-bond acceptors (Lipinski definition) is 3. The number of hydrogen-bond donors (Lipinski definition) is 2. The van der Waals surface area contributed by atoms with Crippen LogP contribution in [0, 0.1) is 0 Å². The van der Waals surface area contributed by atoms with Crippen LogP contribution >= 0.6 is 11.8 Å². The molecule has 2 unspecified atom stereocenters. The van der Waals surface area contributed by atoms with E-state index in [1.807, 2.05) is 44.2 Å². The van der Waals surface area contributed by atoms with Crippen molar-refractivity contribution in [1.82, 2.24) is 0 Å². The smallest absolute Gasteiger partial charge is 0.316 e. The van der Waals surface area contributed by atoms with E-state index in [-0.39, 0.29) is 0 Å². The van der Waals surface area contributed by atoms with Gasteiger partial charge in [-0.2, -0.15) is 0 Å². The number of amides is 1. The van der Waals surface area contributed by atoms with E-state index in [9.17, 15) is 14.7 Å². The first-order valence-corrected chi connectivity index (χ1v) is 8.12. The lowest BCUT2D eigenvalue weighted by molar-refractivity contribution is -0.136. The average Bonchev–Trinajstić information content (AvgIpc) is 2.48. The number of carbonyl (C=O) groups excluding carboxylic acids is 1. The average molecular weight is 309 g/mol. The van der Waals surface area contributed by atoms with Gasteiger partial charge < -0.3 is 10.8 Å². The molecule has 21 heavy (non-hydrogen) atoms.